The number of nitro benzene ring substituents is 1. The van der Waals surface area contributed by atoms with Crippen molar-refractivity contribution < 1.29 is 23.2 Å². The Kier molecular flexibility index (Phi) is 6.72. The molecule has 2 aromatic carbocycles. The third kappa shape index (κ3) is 5.16. The molecule has 0 aliphatic carbocycles. The number of aliphatic hydroxyl groups is 1. The molecule has 0 aromatic heterocycles. The molecule has 0 radical (unpaired) electrons. The van der Waals surface area contributed by atoms with Crippen LogP contribution in [-0.2, 0) is 16.6 Å². The summed E-state index contributed by atoms with van der Waals surface area (Å²) in [5, 5.41) is 20.3. The molecule has 27 heavy (non-hydrogen) atoms. The molecule has 9 nitrogen and oxygen atoms in total. The van der Waals surface area contributed by atoms with Crippen molar-refractivity contribution in [2.45, 2.75) is 11.4 Å². The lowest BCUT2D eigenvalue weighted by atomic mass is 10.2. The first kappa shape index (κ1) is 20.6. The second-order valence-corrected chi connectivity index (χ2v) is 7.49. The Morgan fingerprint density at radius 3 is 2.44 bits per heavy atom. The Morgan fingerprint density at radius 2 is 1.89 bits per heavy atom. The summed E-state index contributed by atoms with van der Waals surface area (Å²) in [4.78, 5) is 12.0. The number of nitrogens with one attached hydrogen (secondary N) is 1. The minimum Gasteiger partial charge on any atom is -0.497 e. The maximum absolute atomic E-state index is 12.5. The van der Waals surface area contributed by atoms with Crippen LogP contribution in [0.2, 0.25) is 0 Å². The van der Waals surface area contributed by atoms with E-state index in [2.05, 4.69) is 4.72 Å². The van der Waals surface area contributed by atoms with Gasteiger partial charge in [-0.25, -0.2) is 13.1 Å². The Hall–Kier alpha value is -2.69. The number of hydrogen-bond donors (Lipinski definition) is 2. The van der Waals surface area contributed by atoms with Crippen molar-refractivity contribution in [1.29, 1.82) is 0 Å². The fourth-order valence-electron chi connectivity index (χ4n) is 2.41. The number of rotatable bonds is 9. The predicted molar refractivity (Wildman–Crippen MR) is 100 cm³/mol. The number of likely N-dealkylation sites (N-methyl/N-ethyl adjacent to an activating group) is 1. The lowest BCUT2D eigenvalue weighted by Gasteiger charge is -2.18. The zero-order valence-corrected chi connectivity index (χ0v) is 15.8. The summed E-state index contributed by atoms with van der Waals surface area (Å²) in [5.41, 5.74) is 0.592. The minimum absolute atomic E-state index is 0.0340. The molecule has 0 unspecified atom stereocenters. The molecule has 10 heteroatoms. The summed E-state index contributed by atoms with van der Waals surface area (Å²) in [6.07, 6.45) is 0. The Bertz CT molecular complexity index is 899. The fraction of sp³-hybridized carbons (Fsp3) is 0.294. The minimum atomic E-state index is -3.94. The molecular weight excluding hydrogens is 374 g/mol. The Labute approximate surface area is 157 Å². The molecule has 0 saturated carbocycles. The Morgan fingerprint density at radius 1 is 1.22 bits per heavy atom. The van der Waals surface area contributed by atoms with Crippen LogP contribution in [0.5, 0.6) is 5.75 Å². The standard InChI is InChI=1S/C17H21N3O6S/c1-19(9-10-21)16-8-7-15(11-17(16)20(22)23)27(24,25)18-12-13-3-5-14(26-2)6-4-13/h3-8,11,18,21H,9-10,12H2,1-2H3. The van der Waals surface area contributed by atoms with Gasteiger partial charge in [0.05, 0.1) is 23.5 Å². The van der Waals surface area contributed by atoms with Crippen molar-refractivity contribution in [2.75, 3.05) is 32.2 Å². The van der Waals surface area contributed by atoms with E-state index < -0.39 is 14.9 Å². The number of anilines is 1. The number of ether oxygens (including phenoxy) is 1. The van der Waals surface area contributed by atoms with Gasteiger partial charge in [-0.3, -0.25) is 10.1 Å². The van der Waals surface area contributed by atoms with Gasteiger partial charge >= 0.3 is 0 Å². The lowest BCUT2D eigenvalue weighted by Crippen LogP contribution is -2.24. The molecule has 0 saturated heterocycles. The highest BCUT2D eigenvalue weighted by Crippen LogP contribution is 2.30. The van der Waals surface area contributed by atoms with Crippen LogP contribution in [0.1, 0.15) is 5.56 Å². The molecule has 2 aromatic rings. The van der Waals surface area contributed by atoms with E-state index >= 15 is 0 Å². The van der Waals surface area contributed by atoms with Crippen LogP contribution < -0.4 is 14.4 Å². The van der Waals surface area contributed by atoms with Gasteiger partial charge in [0.2, 0.25) is 10.0 Å². The summed E-state index contributed by atoms with van der Waals surface area (Å²) >= 11 is 0. The van der Waals surface area contributed by atoms with Gasteiger partial charge in [-0.1, -0.05) is 12.1 Å². The molecule has 2 N–H and O–H groups in total. The van der Waals surface area contributed by atoms with Crippen molar-refractivity contribution in [3.8, 4) is 5.75 Å². The van der Waals surface area contributed by atoms with Crippen molar-refractivity contribution in [1.82, 2.24) is 4.72 Å². The largest absolute Gasteiger partial charge is 0.497 e. The van der Waals surface area contributed by atoms with Crippen LogP contribution in [0.25, 0.3) is 0 Å². The zero-order valence-electron chi connectivity index (χ0n) is 15.0. The van der Waals surface area contributed by atoms with Crippen molar-refractivity contribution >= 4 is 21.4 Å². The molecule has 0 aliphatic heterocycles. The average molecular weight is 395 g/mol. The molecule has 0 amide bonds. The van der Waals surface area contributed by atoms with Crippen LogP contribution in [0, 0.1) is 10.1 Å². The number of nitrogens with zero attached hydrogens (tertiary/aromatic N) is 2. The van der Waals surface area contributed by atoms with Gasteiger partial charge in [-0.2, -0.15) is 0 Å². The summed E-state index contributed by atoms with van der Waals surface area (Å²) in [6, 6.07) is 10.5. The second kappa shape index (κ2) is 8.80. The van der Waals surface area contributed by atoms with Crippen LogP contribution in [0.15, 0.2) is 47.4 Å². The highest BCUT2D eigenvalue weighted by Gasteiger charge is 2.23. The smallest absolute Gasteiger partial charge is 0.293 e. The van der Waals surface area contributed by atoms with E-state index in [1.165, 1.54) is 24.1 Å². The third-order valence-electron chi connectivity index (χ3n) is 3.93. The molecule has 146 valence electrons. The predicted octanol–water partition coefficient (Wildman–Crippen LogP) is 1.51. The normalized spacial score (nSPS) is 11.2. The van der Waals surface area contributed by atoms with Gasteiger partial charge in [0.15, 0.2) is 0 Å². The van der Waals surface area contributed by atoms with E-state index in [0.717, 1.165) is 6.07 Å². The summed E-state index contributed by atoms with van der Waals surface area (Å²) in [6.45, 7) is 0.0338. The zero-order chi connectivity index (χ0) is 20.0. The van der Waals surface area contributed by atoms with Crippen molar-refractivity contribution in [2.24, 2.45) is 0 Å². The SMILES string of the molecule is COc1ccc(CNS(=O)(=O)c2ccc(N(C)CCO)c([N+](=O)[O-])c2)cc1. The summed E-state index contributed by atoms with van der Waals surface area (Å²) < 4.78 is 32.5. The van der Waals surface area contributed by atoms with Crippen LogP contribution >= 0.6 is 0 Å². The van der Waals surface area contributed by atoms with E-state index in [1.54, 1.807) is 31.3 Å². The quantitative estimate of drug-likeness (QED) is 0.487. The highest BCUT2D eigenvalue weighted by atomic mass is 32.2. The van der Waals surface area contributed by atoms with Crippen LogP contribution in [0.3, 0.4) is 0 Å². The van der Waals surface area contributed by atoms with Gasteiger partial charge in [0.1, 0.15) is 11.4 Å². The number of aliphatic hydroxyl groups excluding tert-OH is 1. The number of sulfonamides is 1. The highest BCUT2D eigenvalue weighted by molar-refractivity contribution is 7.89. The summed E-state index contributed by atoms with van der Waals surface area (Å²) in [7, 11) is -0.826. The van der Waals surface area contributed by atoms with Crippen molar-refractivity contribution in [3.63, 3.8) is 0 Å². The third-order valence-corrected chi connectivity index (χ3v) is 5.32. The first-order valence-electron chi connectivity index (χ1n) is 8.01. The van der Waals surface area contributed by atoms with Crippen LogP contribution in [0.4, 0.5) is 11.4 Å². The molecule has 0 fully saturated rings. The number of methoxy groups -OCH3 is 1. The average Bonchev–Trinajstić information content (AvgIpc) is 2.66. The first-order valence-corrected chi connectivity index (χ1v) is 9.50. The number of benzene rings is 2. The second-order valence-electron chi connectivity index (χ2n) is 5.73. The van der Waals surface area contributed by atoms with E-state index in [1.807, 2.05) is 0 Å². The topological polar surface area (TPSA) is 122 Å². The molecule has 0 aliphatic rings. The summed E-state index contributed by atoms with van der Waals surface area (Å²) in [5.74, 6) is 0.653. The molecule has 0 heterocycles. The molecule has 0 spiro atoms. The fourth-order valence-corrected chi connectivity index (χ4v) is 3.45. The van der Waals surface area contributed by atoms with Gasteiger partial charge in [0.25, 0.3) is 5.69 Å². The Balaban J connectivity index is 2.23. The van der Waals surface area contributed by atoms with Crippen molar-refractivity contribution in [3.05, 3.63) is 58.1 Å². The maximum Gasteiger partial charge on any atom is 0.293 e. The molecule has 2 rings (SSSR count). The number of hydrogen-bond acceptors (Lipinski definition) is 7. The van der Waals surface area contributed by atoms with Gasteiger partial charge < -0.3 is 14.7 Å². The molecule has 0 bridgehead atoms. The van der Waals surface area contributed by atoms with E-state index in [0.29, 0.717) is 11.3 Å². The number of nitro groups is 1. The van der Waals surface area contributed by atoms with Gasteiger partial charge in [0, 0.05) is 26.2 Å². The molecular formula is C17H21N3O6S. The maximum atomic E-state index is 12.5. The van der Waals surface area contributed by atoms with Gasteiger partial charge in [-0.05, 0) is 29.8 Å². The lowest BCUT2D eigenvalue weighted by molar-refractivity contribution is -0.384. The monoisotopic (exact) mass is 395 g/mol. The van der Waals surface area contributed by atoms with Crippen LogP contribution in [-0.4, -0.2) is 45.8 Å². The van der Waals surface area contributed by atoms with Gasteiger partial charge in [-0.15, -0.1) is 0 Å². The molecule has 0 atom stereocenters. The van der Waals surface area contributed by atoms with E-state index in [9.17, 15) is 18.5 Å². The first-order chi connectivity index (χ1) is 12.8. The van der Waals surface area contributed by atoms with E-state index in [4.69, 9.17) is 9.84 Å². The van der Waals surface area contributed by atoms with E-state index in [-0.39, 0.29) is 36.0 Å².